The standard InChI is InChI=1S/C20H30N2O5/c1-19(2,12-22(5)6)11-21-17(25)10-26-13-7-14(23)18-15(24)9-20(3,4)27-16(18)8-13/h7-8,23H,9-12H2,1-6H3,(H,21,25). The third-order valence-corrected chi connectivity index (χ3v) is 4.18. The first-order valence-electron chi connectivity index (χ1n) is 9.02. The van der Waals surface area contributed by atoms with Crippen LogP contribution < -0.4 is 14.8 Å². The molecule has 0 saturated carbocycles. The van der Waals surface area contributed by atoms with E-state index >= 15 is 0 Å². The Morgan fingerprint density at radius 2 is 2.04 bits per heavy atom. The van der Waals surface area contributed by atoms with Crippen LogP contribution in [0.4, 0.5) is 0 Å². The predicted molar refractivity (Wildman–Crippen MR) is 103 cm³/mol. The van der Waals surface area contributed by atoms with E-state index in [9.17, 15) is 14.7 Å². The first-order valence-corrected chi connectivity index (χ1v) is 9.02. The number of aromatic hydroxyl groups is 1. The molecule has 0 unspecified atom stereocenters. The molecule has 1 amide bonds. The van der Waals surface area contributed by atoms with Gasteiger partial charge in [0.25, 0.3) is 5.91 Å². The van der Waals surface area contributed by atoms with Crippen molar-refractivity contribution in [2.75, 3.05) is 33.8 Å². The number of fused-ring (bicyclic) bond motifs is 1. The zero-order valence-electron chi connectivity index (χ0n) is 17.0. The third-order valence-electron chi connectivity index (χ3n) is 4.18. The predicted octanol–water partition coefficient (Wildman–Crippen LogP) is 2.22. The Bertz CT molecular complexity index is 725. The highest BCUT2D eigenvalue weighted by atomic mass is 16.5. The Hall–Kier alpha value is -2.28. The summed E-state index contributed by atoms with van der Waals surface area (Å²) in [5, 5.41) is 13.0. The molecule has 7 nitrogen and oxygen atoms in total. The van der Waals surface area contributed by atoms with Crippen molar-refractivity contribution in [2.45, 2.75) is 39.7 Å². The van der Waals surface area contributed by atoms with Crippen molar-refractivity contribution in [3.8, 4) is 17.2 Å². The highest BCUT2D eigenvalue weighted by Gasteiger charge is 2.35. The molecule has 2 N–H and O–H groups in total. The molecule has 27 heavy (non-hydrogen) atoms. The first-order chi connectivity index (χ1) is 12.4. The average molecular weight is 378 g/mol. The van der Waals surface area contributed by atoms with Crippen molar-refractivity contribution in [3.05, 3.63) is 17.7 Å². The number of benzene rings is 1. The molecule has 0 bridgehead atoms. The number of hydrogen-bond acceptors (Lipinski definition) is 6. The monoisotopic (exact) mass is 378 g/mol. The smallest absolute Gasteiger partial charge is 0.257 e. The summed E-state index contributed by atoms with van der Waals surface area (Å²) in [6.45, 7) is 8.94. The van der Waals surface area contributed by atoms with E-state index in [1.165, 1.54) is 12.1 Å². The lowest BCUT2D eigenvalue weighted by Gasteiger charge is -2.32. The average Bonchev–Trinajstić information content (AvgIpc) is 2.47. The van der Waals surface area contributed by atoms with E-state index < -0.39 is 5.60 Å². The van der Waals surface area contributed by atoms with Crippen molar-refractivity contribution in [3.63, 3.8) is 0 Å². The van der Waals surface area contributed by atoms with Gasteiger partial charge < -0.3 is 24.8 Å². The summed E-state index contributed by atoms with van der Waals surface area (Å²) in [5.74, 6) is -0.0729. The maximum absolute atomic E-state index is 12.2. The van der Waals surface area contributed by atoms with E-state index in [4.69, 9.17) is 9.47 Å². The number of ketones is 1. The fraction of sp³-hybridized carbons (Fsp3) is 0.600. The molecule has 0 spiro atoms. The Morgan fingerprint density at radius 1 is 1.37 bits per heavy atom. The summed E-state index contributed by atoms with van der Waals surface area (Å²) >= 11 is 0. The minimum Gasteiger partial charge on any atom is -0.507 e. The summed E-state index contributed by atoms with van der Waals surface area (Å²) in [6, 6.07) is 2.87. The SMILES string of the molecule is CN(C)CC(C)(C)CNC(=O)COc1cc(O)c2c(c1)OC(C)(C)CC2=O. The highest BCUT2D eigenvalue weighted by molar-refractivity contribution is 6.03. The van der Waals surface area contributed by atoms with Gasteiger partial charge in [0.1, 0.15) is 28.4 Å². The van der Waals surface area contributed by atoms with Crippen molar-refractivity contribution < 1.29 is 24.2 Å². The lowest BCUT2D eigenvalue weighted by Crippen LogP contribution is -2.41. The number of amides is 1. The number of nitrogens with zero attached hydrogens (tertiary/aromatic N) is 1. The molecular formula is C20H30N2O5. The molecule has 7 heteroatoms. The third kappa shape index (κ3) is 5.85. The highest BCUT2D eigenvalue weighted by Crippen LogP contribution is 2.40. The second kappa shape index (κ2) is 7.76. The van der Waals surface area contributed by atoms with Crippen LogP contribution in [-0.2, 0) is 4.79 Å². The van der Waals surface area contributed by atoms with Crippen LogP contribution in [0.2, 0.25) is 0 Å². The zero-order valence-corrected chi connectivity index (χ0v) is 17.0. The van der Waals surface area contributed by atoms with E-state index in [2.05, 4.69) is 24.1 Å². The second-order valence-corrected chi connectivity index (χ2v) is 8.74. The molecule has 1 aromatic carbocycles. The molecular weight excluding hydrogens is 348 g/mol. The lowest BCUT2D eigenvalue weighted by molar-refractivity contribution is -0.123. The van der Waals surface area contributed by atoms with Gasteiger partial charge >= 0.3 is 0 Å². The van der Waals surface area contributed by atoms with Crippen LogP contribution in [-0.4, -0.2) is 61.1 Å². The van der Waals surface area contributed by atoms with Gasteiger partial charge in [-0.1, -0.05) is 13.8 Å². The molecule has 0 radical (unpaired) electrons. The Morgan fingerprint density at radius 3 is 2.67 bits per heavy atom. The minimum atomic E-state index is -0.648. The number of carbonyl (C=O) groups excluding carboxylic acids is 2. The summed E-state index contributed by atoms with van der Waals surface area (Å²) in [5.41, 5.74) is -0.551. The largest absolute Gasteiger partial charge is 0.507 e. The quantitative estimate of drug-likeness (QED) is 0.756. The van der Waals surface area contributed by atoms with Crippen LogP contribution in [0, 0.1) is 5.41 Å². The number of hydrogen-bond donors (Lipinski definition) is 2. The molecule has 0 atom stereocenters. The number of phenols is 1. The number of carbonyl (C=O) groups is 2. The lowest BCUT2D eigenvalue weighted by atomic mass is 9.92. The van der Waals surface area contributed by atoms with Gasteiger partial charge in [-0.15, -0.1) is 0 Å². The van der Waals surface area contributed by atoms with Crippen molar-refractivity contribution in [1.82, 2.24) is 10.2 Å². The van der Waals surface area contributed by atoms with Gasteiger partial charge in [0.05, 0.1) is 6.42 Å². The molecule has 150 valence electrons. The second-order valence-electron chi connectivity index (χ2n) is 8.74. The van der Waals surface area contributed by atoms with Crippen LogP contribution in [0.1, 0.15) is 44.5 Å². The van der Waals surface area contributed by atoms with Crippen LogP contribution in [0.25, 0.3) is 0 Å². The van der Waals surface area contributed by atoms with Crippen molar-refractivity contribution in [2.24, 2.45) is 5.41 Å². The van der Waals surface area contributed by atoms with Gasteiger partial charge in [0.2, 0.25) is 0 Å². The van der Waals surface area contributed by atoms with Gasteiger partial charge in [0.15, 0.2) is 12.4 Å². The number of ether oxygens (including phenoxy) is 2. The van der Waals surface area contributed by atoms with Gasteiger partial charge in [0, 0.05) is 25.2 Å². The maximum Gasteiger partial charge on any atom is 0.257 e. The number of rotatable bonds is 7. The summed E-state index contributed by atoms with van der Waals surface area (Å²) in [4.78, 5) is 26.4. The molecule has 0 aromatic heterocycles. The summed E-state index contributed by atoms with van der Waals surface area (Å²) < 4.78 is 11.3. The van der Waals surface area contributed by atoms with Gasteiger partial charge in [-0.05, 0) is 33.4 Å². The number of nitrogens with one attached hydrogen (secondary N) is 1. The Labute approximate surface area is 160 Å². The van der Waals surface area contributed by atoms with Crippen LogP contribution in [0.15, 0.2) is 12.1 Å². The van der Waals surface area contributed by atoms with Gasteiger partial charge in [-0.2, -0.15) is 0 Å². The molecule has 1 heterocycles. The van der Waals surface area contributed by atoms with Crippen LogP contribution in [0.3, 0.4) is 0 Å². The van der Waals surface area contributed by atoms with Crippen LogP contribution >= 0.6 is 0 Å². The number of phenolic OH excluding ortho intramolecular Hbond substituents is 1. The normalized spacial score (nSPS) is 15.9. The number of Topliss-reactive ketones (excluding diaryl/α,β-unsaturated/α-hetero) is 1. The van der Waals surface area contributed by atoms with E-state index in [-0.39, 0.29) is 52.9 Å². The molecule has 2 rings (SSSR count). The van der Waals surface area contributed by atoms with Crippen molar-refractivity contribution in [1.29, 1.82) is 0 Å². The fourth-order valence-electron chi connectivity index (χ4n) is 3.28. The van der Waals surface area contributed by atoms with E-state index in [0.717, 1.165) is 6.54 Å². The van der Waals surface area contributed by atoms with E-state index in [1.807, 2.05) is 14.1 Å². The summed E-state index contributed by atoms with van der Waals surface area (Å²) in [6.07, 6.45) is 0.193. The fourth-order valence-corrected chi connectivity index (χ4v) is 3.28. The van der Waals surface area contributed by atoms with E-state index in [0.29, 0.717) is 6.54 Å². The molecule has 0 fully saturated rings. The van der Waals surface area contributed by atoms with Crippen molar-refractivity contribution >= 4 is 11.7 Å². The Kier molecular flexibility index (Phi) is 6.04. The minimum absolute atomic E-state index is 0.0664. The molecule has 1 aromatic rings. The zero-order chi connectivity index (χ0) is 20.4. The summed E-state index contributed by atoms with van der Waals surface area (Å²) in [7, 11) is 3.98. The topological polar surface area (TPSA) is 88.1 Å². The first kappa shape index (κ1) is 21.0. The Balaban J connectivity index is 1.98. The van der Waals surface area contributed by atoms with Gasteiger partial charge in [-0.3, -0.25) is 9.59 Å². The maximum atomic E-state index is 12.2. The van der Waals surface area contributed by atoms with Gasteiger partial charge in [-0.25, -0.2) is 0 Å². The molecule has 0 saturated heterocycles. The molecule has 1 aliphatic heterocycles. The van der Waals surface area contributed by atoms with Crippen LogP contribution in [0.5, 0.6) is 17.2 Å². The molecule has 1 aliphatic rings. The van der Waals surface area contributed by atoms with E-state index in [1.54, 1.807) is 13.8 Å². The molecule has 0 aliphatic carbocycles.